The Hall–Kier alpha value is -3.03. The minimum atomic E-state index is -0.464. The summed E-state index contributed by atoms with van der Waals surface area (Å²) in [5, 5.41) is 15.0. The van der Waals surface area contributed by atoms with E-state index in [4.69, 9.17) is 5.11 Å². The number of carbonyl (C=O) groups excluding carboxylic acids is 1. The number of hydrogen-bond acceptors (Lipinski definition) is 4. The number of nitrogens with one attached hydrogen (secondary N) is 3. The molecule has 0 bridgehead atoms. The van der Waals surface area contributed by atoms with Gasteiger partial charge in [0.2, 0.25) is 0 Å². The molecule has 1 aliphatic heterocycles. The number of imidazole rings is 1. The predicted octanol–water partition coefficient (Wildman–Crippen LogP) is 2.56. The first-order chi connectivity index (χ1) is 14.2. The summed E-state index contributed by atoms with van der Waals surface area (Å²) in [4.78, 5) is 19.9. The van der Waals surface area contributed by atoms with Crippen LogP contribution in [0.25, 0.3) is 11.1 Å². The van der Waals surface area contributed by atoms with Gasteiger partial charge in [-0.15, -0.1) is 0 Å². The molecule has 0 fully saturated rings. The first-order valence-electron chi connectivity index (χ1n) is 9.71. The zero-order chi connectivity index (χ0) is 20.2. The molecule has 1 unspecified atom stereocenters. The molecular formula is C22H23FN4O2. The standard InChI is InChI=1S/C22H23FN4O2/c23-18-11-16(10-17(12-18)22(29)25-7-1-9-28)14-2-4-15(5-3-14)20-21-19(6-8-24-20)26-13-27-21/h2-5,10-13,20,24,28H,1,6-9H2,(H,25,29)(H,26,27). The van der Waals surface area contributed by atoms with E-state index in [1.807, 2.05) is 24.3 Å². The average molecular weight is 394 g/mol. The molecule has 3 aromatic rings. The van der Waals surface area contributed by atoms with Gasteiger partial charge in [-0.2, -0.15) is 0 Å². The molecule has 0 aliphatic carbocycles. The fraction of sp³-hybridized carbons (Fsp3) is 0.273. The number of aliphatic hydroxyl groups is 1. The summed E-state index contributed by atoms with van der Waals surface area (Å²) in [7, 11) is 0. The van der Waals surface area contributed by atoms with E-state index in [9.17, 15) is 9.18 Å². The highest BCUT2D eigenvalue weighted by Crippen LogP contribution is 2.29. The summed E-state index contributed by atoms with van der Waals surface area (Å²) in [5.74, 6) is -0.817. The van der Waals surface area contributed by atoms with E-state index in [2.05, 4.69) is 20.6 Å². The molecule has 0 spiro atoms. The van der Waals surface area contributed by atoms with Gasteiger partial charge >= 0.3 is 0 Å². The molecule has 0 radical (unpaired) electrons. The second-order valence-corrected chi connectivity index (χ2v) is 7.09. The number of aliphatic hydroxyl groups excluding tert-OH is 1. The first kappa shape index (κ1) is 19.3. The van der Waals surface area contributed by atoms with Gasteiger partial charge in [0.1, 0.15) is 5.82 Å². The molecule has 6 nitrogen and oxygen atoms in total. The van der Waals surface area contributed by atoms with Crippen LogP contribution in [0.4, 0.5) is 4.39 Å². The molecule has 7 heteroatoms. The molecule has 150 valence electrons. The molecule has 1 aromatic heterocycles. The Balaban J connectivity index is 1.56. The average Bonchev–Trinajstić information content (AvgIpc) is 3.22. The number of rotatable bonds is 6. The van der Waals surface area contributed by atoms with Gasteiger partial charge in [0.15, 0.2) is 0 Å². The molecule has 1 aliphatic rings. The Morgan fingerprint density at radius 2 is 2.03 bits per heavy atom. The molecule has 1 atom stereocenters. The summed E-state index contributed by atoms with van der Waals surface area (Å²) in [6, 6.07) is 12.2. The van der Waals surface area contributed by atoms with Gasteiger partial charge in [0.05, 0.1) is 18.1 Å². The second kappa shape index (κ2) is 8.55. The Bertz CT molecular complexity index is 1000. The van der Waals surface area contributed by atoms with Gasteiger partial charge < -0.3 is 20.7 Å². The van der Waals surface area contributed by atoms with Crippen LogP contribution < -0.4 is 10.6 Å². The number of aromatic nitrogens is 2. The van der Waals surface area contributed by atoms with E-state index in [-0.39, 0.29) is 24.1 Å². The molecule has 29 heavy (non-hydrogen) atoms. The van der Waals surface area contributed by atoms with Crippen molar-refractivity contribution in [2.75, 3.05) is 19.7 Å². The zero-order valence-electron chi connectivity index (χ0n) is 15.9. The molecule has 4 N–H and O–H groups in total. The van der Waals surface area contributed by atoms with E-state index >= 15 is 0 Å². The van der Waals surface area contributed by atoms with Crippen molar-refractivity contribution in [1.82, 2.24) is 20.6 Å². The first-order valence-corrected chi connectivity index (χ1v) is 9.71. The number of carbonyl (C=O) groups is 1. The largest absolute Gasteiger partial charge is 0.396 e. The van der Waals surface area contributed by atoms with E-state index in [1.54, 1.807) is 12.4 Å². The van der Waals surface area contributed by atoms with Gasteiger partial charge in [-0.3, -0.25) is 4.79 Å². The lowest BCUT2D eigenvalue weighted by Gasteiger charge is -2.23. The van der Waals surface area contributed by atoms with Crippen LogP contribution in [0.2, 0.25) is 0 Å². The van der Waals surface area contributed by atoms with Crippen LogP contribution in [0.5, 0.6) is 0 Å². The topological polar surface area (TPSA) is 90.0 Å². The summed E-state index contributed by atoms with van der Waals surface area (Å²) >= 11 is 0. The maximum Gasteiger partial charge on any atom is 0.251 e. The lowest BCUT2D eigenvalue weighted by atomic mass is 9.95. The van der Waals surface area contributed by atoms with Crippen molar-refractivity contribution in [1.29, 1.82) is 0 Å². The molecule has 1 amide bonds. The third-order valence-corrected chi connectivity index (χ3v) is 5.11. The number of fused-ring (bicyclic) bond motifs is 1. The number of benzene rings is 2. The summed E-state index contributed by atoms with van der Waals surface area (Å²) in [6.07, 6.45) is 3.11. The predicted molar refractivity (Wildman–Crippen MR) is 108 cm³/mol. The minimum absolute atomic E-state index is 0.00332. The van der Waals surface area contributed by atoms with Crippen LogP contribution in [-0.2, 0) is 6.42 Å². The van der Waals surface area contributed by atoms with Crippen molar-refractivity contribution in [2.24, 2.45) is 0 Å². The number of nitrogens with zero attached hydrogens (tertiary/aromatic N) is 1. The third-order valence-electron chi connectivity index (χ3n) is 5.11. The highest BCUT2D eigenvalue weighted by molar-refractivity contribution is 5.95. The van der Waals surface area contributed by atoms with Gasteiger partial charge in [0, 0.05) is 37.4 Å². The molecular weight excluding hydrogens is 371 g/mol. The highest BCUT2D eigenvalue weighted by atomic mass is 19.1. The van der Waals surface area contributed by atoms with Crippen LogP contribution in [0.3, 0.4) is 0 Å². The number of halogens is 1. The van der Waals surface area contributed by atoms with Crippen LogP contribution in [0.1, 0.15) is 39.8 Å². The van der Waals surface area contributed by atoms with Crippen LogP contribution in [0, 0.1) is 5.82 Å². The van der Waals surface area contributed by atoms with E-state index in [0.717, 1.165) is 35.5 Å². The number of aromatic amines is 1. The van der Waals surface area contributed by atoms with Crippen molar-refractivity contribution in [3.05, 3.63) is 77.1 Å². The van der Waals surface area contributed by atoms with Gasteiger partial charge in [0.25, 0.3) is 5.91 Å². The van der Waals surface area contributed by atoms with Crippen molar-refractivity contribution in [3.63, 3.8) is 0 Å². The van der Waals surface area contributed by atoms with Gasteiger partial charge in [-0.25, -0.2) is 9.37 Å². The van der Waals surface area contributed by atoms with Crippen LogP contribution >= 0.6 is 0 Å². The monoisotopic (exact) mass is 394 g/mol. The van der Waals surface area contributed by atoms with Crippen molar-refractivity contribution in [2.45, 2.75) is 18.9 Å². The fourth-order valence-corrected chi connectivity index (χ4v) is 3.63. The lowest BCUT2D eigenvalue weighted by molar-refractivity contribution is 0.0950. The van der Waals surface area contributed by atoms with Crippen LogP contribution in [-0.4, -0.2) is 40.7 Å². The number of hydrogen-bond donors (Lipinski definition) is 4. The molecule has 2 aromatic carbocycles. The molecule has 4 rings (SSSR count). The third kappa shape index (κ3) is 4.21. The Labute approximate surface area is 168 Å². The smallest absolute Gasteiger partial charge is 0.251 e. The minimum Gasteiger partial charge on any atom is -0.396 e. The lowest BCUT2D eigenvalue weighted by Crippen LogP contribution is -2.30. The zero-order valence-corrected chi connectivity index (χ0v) is 15.9. The van der Waals surface area contributed by atoms with Crippen molar-refractivity contribution >= 4 is 5.91 Å². The highest BCUT2D eigenvalue weighted by Gasteiger charge is 2.23. The molecule has 2 heterocycles. The summed E-state index contributed by atoms with van der Waals surface area (Å²) < 4.78 is 14.1. The Morgan fingerprint density at radius 1 is 1.21 bits per heavy atom. The van der Waals surface area contributed by atoms with Crippen molar-refractivity contribution < 1.29 is 14.3 Å². The second-order valence-electron chi connectivity index (χ2n) is 7.09. The Kier molecular flexibility index (Phi) is 5.69. The molecule has 0 saturated carbocycles. The van der Waals surface area contributed by atoms with Crippen molar-refractivity contribution in [3.8, 4) is 11.1 Å². The van der Waals surface area contributed by atoms with Crippen LogP contribution in [0.15, 0.2) is 48.8 Å². The van der Waals surface area contributed by atoms with Gasteiger partial charge in [-0.05, 0) is 41.3 Å². The van der Waals surface area contributed by atoms with E-state index < -0.39 is 5.82 Å². The fourth-order valence-electron chi connectivity index (χ4n) is 3.63. The quantitative estimate of drug-likeness (QED) is 0.484. The number of amides is 1. The van der Waals surface area contributed by atoms with Gasteiger partial charge in [-0.1, -0.05) is 24.3 Å². The van der Waals surface area contributed by atoms with E-state index in [1.165, 1.54) is 12.1 Å². The maximum absolute atomic E-state index is 14.1. The number of H-pyrrole nitrogens is 1. The normalized spacial score (nSPS) is 15.7. The summed E-state index contributed by atoms with van der Waals surface area (Å²) in [5.41, 5.74) is 4.98. The maximum atomic E-state index is 14.1. The molecule has 0 saturated heterocycles. The SMILES string of the molecule is O=C(NCCCO)c1cc(F)cc(-c2ccc(C3NCCc4[nH]cnc43)cc2)c1. The summed E-state index contributed by atoms with van der Waals surface area (Å²) in [6.45, 7) is 1.22. The van der Waals surface area contributed by atoms with E-state index in [0.29, 0.717) is 18.5 Å². The Morgan fingerprint density at radius 3 is 2.83 bits per heavy atom.